The lowest BCUT2D eigenvalue weighted by atomic mass is 10.1. The first kappa shape index (κ1) is 14.2. The standard InChI is InChI=1S/C12H7FN2O6/c13-10-3-1-2-7(14(10)19)11(17)6-4-8(15(20)21)12(18)9(16)5-6/h1-5,16,18H. The zero-order valence-electron chi connectivity index (χ0n) is 10.2. The van der Waals surface area contributed by atoms with Gasteiger partial charge in [-0.2, -0.15) is 0 Å². The molecular formula is C12H7FN2O6. The van der Waals surface area contributed by atoms with Crippen molar-refractivity contribution in [2.75, 3.05) is 0 Å². The molecule has 0 bridgehead atoms. The van der Waals surface area contributed by atoms with Crippen LogP contribution in [0, 0.1) is 21.3 Å². The lowest BCUT2D eigenvalue weighted by Crippen LogP contribution is -2.38. The highest BCUT2D eigenvalue weighted by atomic mass is 19.1. The van der Waals surface area contributed by atoms with Gasteiger partial charge in [-0.05, 0) is 12.1 Å². The number of carbonyl (C=O) groups excluding carboxylic acids is 1. The molecule has 0 saturated heterocycles. The fourth-order valence-electron chi connectivity index (χ4n) is 1.66. The molecule has 2 N–H and O–H groups in total. The van der Waals surface area contributed by atoms with Gasteiger partial charge in [0.05, 0.1) is 4.92 Å². The van der Waals surface area contributed by atoms with Gasteiger partial charge in [-0.3, -0.25) is 14.9 Å². The number of pyridine rings is 1. The van der Waals surface area contributed by atoms with E-state index in [2.05, 4.69) is 0 Å². The number of carbonyl (C=O) groups is 1. The van der Waals surface area contributed by atoms with Crippen LogP contribution in [0.1, 0.15) is 16.1 Å². The number of nitro benzene ring substituents is 1. The monoisotopic (exact) mass is 294 g/mol. The number of halogens is 1. The third-order valence-corrected chi connectivity index (χ3v) is 2.66. The van der Waals surface area contributed by atoms with Crippen molar-refractivity contribution >= 4 is 11.5 Å². The molecule has 0 atom stereocenters. The molecule has 1 aromatic carbocycles. The van der Waals surface area contributed by atoms with Crippen molar-refractivity contribution < 1.29 is 29.1 Å². The molecule has 1 heterocycles. The molecule has 0 spiro atoms. The van der Waals surface area contributed by atoms with Gasteiger partial charge in [-0.1, -0.05) is 0 Å². The molecule has 0 saturated carbocycles. The first-order chi connectivity index (χ1) is 9.82. The Hall–Kier alpha value is -3.23. The average molecular weight is 294 g/mol. The van der Waals surface area contributed by atoms with Crippen LogP contribution in [0.15, 0.2) is 30.3 Å². The van der Waals surface area contributed by atoms with Crippen LogP contribution in [0.25, 0.3) is 0 Å². The van der Waals surface area contributed by atoms with Gasteiger partial charge in [0.1, 0.15) is 0 Å². The molecule has 1 aromatic heterocycles. The number of phenolic OH excluding ortho intramolecular Hbond substituents is 2. The van der Waals surface area contributed by atoms with Gasteiger partial charge in [0.2, 0.25) is 5.75 Å². The minimum absolute atomic E-state index is 0.280. The quantitative estimate of drug-likeness (QED) is 0.165. The van der Waals surface area contributed by atoms with Gasteiger partial charge < -0.3 is 15.4 Å². The van der Waals surface area contributed by atoms with E-state index in [1.807, 2.05) is 0 Å². The predicted molar refractivity (Wildman–Crippen MR) is 65.2 cm³/mol. The number of ketones is 1. The number of aromatic hydroxyl groups is 2. The Bertz CT molecular complexity index is 762. The van der Waals surface area contributed by atoms with Crippen LogP contribution in [0.2, 0.25) is 0 Å². The molecule has 0 aliphatic heterocycles. The summed E-state index contributed by atoms with van der Waals surface area (Å²) >= 11 is 0. The Morgan fingerprint density at radius 3 is 2.57 bits per heavy atom. The summed E-state index contributed by atoms with van der Waals surface area (Å²) < 4.78 is 12.8. The molecule has 0 radical (unpaired) electrons. The second-order valence-electron chi connectivity index (χ2n) is 3.98. The van der Waals surface area contributed by atoms with Gasteiger partial charge in [0.25, 0.3) is 11.5 Å². The maximum atomic E-state index is 13.1. The van der Waals surface area contributed by atoms with E-state index in [4.69, 9.17) is 0 Å². The molecule has 0 amide bonds. The van der Waals surface area contributed by atoms with Crippen LogP contribution in [-0.2, 0) is 0 Å². The zero-order valence-corrected chi connectivity index (χ0v) is 10.2. The highest BCUT2D eigenvalue weighted by Gasteiger charge is 2.26. The number of benzene rings is 1. The topological polar surface area (TPSA) is 128 Å². The normalized spacial score (nSPS) is 10.3. The molecule has 21 heavy (non-hydrogen) atoms. The van der Waals surface area contributed by atoms with Crippen molar-refractivity contribution in [2.24, 2.45) is 0 Å². The molecule has 0 unspecified atom stereocenters. The molecule has 0 aliphatic carbocycles. The minimum atomic E-state index is -1.22. The Morgan fingerprint density at radius 1 is 1.29 bits per heavy atom. The molecule has 9 heteroatoms. The third-order valence-electron chi connectivity index (χ3n) is 2.66. The van der Waals surface area contributed by atoms with E-state index in [9.17, 15) is 34.7 Å². The number of nitrogens with zero attached hydrogens (tertiary/aromatic N) is 2. The molecular weight excluding hydrogens is 287 g/mol. The predicted octanol–water partition coefficient (Wildman–Crippen LogP) is 1.01. The van der Waals surface area contributed by atoms with Gasteiger partial charge in [0, 0.05) is 23.8 Å². The van der Waals surface area contributed by atoms with Crippen LogP contribution < -0.4 is 4.73 Å². The van der Waals surface area contributed by atoms with Crippen molar-refractivity contribution in [1.82, 2.24) is 0 Å². The van der Waals surface area contributed by atoms with Crippen LogP contribution in [0.5, 0.6) is 11.5 Å². The van der Waals surface area contributed by atoms with Gasteiger partial charge in [0.15, 0.2) is 5.75 Å². The molecule has 0 aliphatic rings. The Labute approximate surface area is 116 Å². The summed E-state index contributed by atoms with van der Waals surface area (Å²) in [6, 6.07) is 4.40. The summed E-state index contributed by atoms with van der Waals surface area (Å²) in [6.45, 7) is 0. The first-order valence-electron chi connectivity index (χ1n) is 5.46. The summed E-state index contributed by atoms with van der Waals surface area (Å²) in [5.41, 5.74) is -1.96. The minimum Gasteiger partial charge on any atom is -0.616 e. The van der Waals surface area contributed by atoms with Gasteiger partial charge in [-0.25, -0.2) is 0 Å². The summed E-state index contributed by atoms with van der Waals surface area (Å²) in [6.07, 6.45) is 0. The number of hydrogen-bond acceptors (Lipinski definition) is 6. The lowest BCUT2D eigenvalue weighted by Gasteiger charge is -2.05. The van der Waals surface area contributed by atoms with E-state index >= 15 is 0 Å². The van der Waals surface area contributed by atoms with Gasteiger partial charge >= 0.3 is 11.6 Å². The van der Waals surface area contributed by atoms with Crippen molar-refractivity contribution in [3.8, 4) is 11.5 Å². The summed E-state index contributed by atoms with van der Waals surface area (Å²) in [7, 11) is 0. The second-order valence-corrected chi connectivity index (χ2v) is 3.98. The molecule has 8 nitrogen and oxygen atoms in total. The van der Waals surface area contributed by atoms with Gasteiger partial charge in [-0.15, -0.1) is 9.12 Å². The van der Waals surface area contributed by atoms with E-state index in [0.29, 0.717) is 6.07 Å². The van der Waals surface area contributed by atoms with E-state index in [1.54, 1.807) is 0 Å². The zero-order chi connectivity index (χ0) is 15.7. The fraction of sp³-hybridized carbons (Fsp3) is 0. The van der Waals surface area contributed by atoms with Crippen molar-refractivity contribution in [1.29, 1.82) is 0 Å². The average Bonchev–Trinajstić information content (AvgIpc) is 2.43. The highest BCUT2D eigenvalue weighted by Crippen LogP contribution is 2.36. The number of hydrogen-bond donors (Lipinski definition) is 2. The Kier molecular flexibility index (Phi) is 3.40. The highest BCUT2D eigenvalue weighted by molar-refractivity contribution is 6.07. The van der Waals surface area contributed by atoms with Crippen LogP contribution in [0.4, 0.5) is 10.1 Å². The third kappa shape index (κ3) is 2.43. The Morgan fingerprint density at radius 2 is 1.95 bits per heavy atom. The smallest absolute Gasteiger partial charge is 0.371 e. The Balaban J connectivity index is 2.59. The molecule has 108 valence electrons. The number of aromatic nitrogens is 1. The fourth-order valence-corrected chi connectivity index (χ4v) is 1.66. The van der Waals surface area contributed by atoms with E-state index in [0.717, 1.165) is 24.3 Å². The number of phenols is 2. The maximum absolute atomic E-state index is 13.1. The van der Waals surface area contributed by atoms with Crippen LogP contribution >= 0.6 is 0 Å². The first-order valence-corrected chi connectivity index (χ1v) is 5.46. The summed E-state index contributed by atoms with van der Waals surface area (Å²) in [5.74, 6) is -4.17. The number of rotatable bonds is 3. The van der Waals surface area contributed by atoms with Crippen LogP contribution in [0.3, 0.4) is 0 Å². The largest absolute Gasteiger partial charge is 0.616 e. The second kappa shape index (κ2) is 5.04. The maximum Gasteiger partial charge on any atom is 0.371 e. The van der Waals surface area contributed by atoms with Crippen molar-refractivity contribution in [3.05, 3.63) is 62.9 Å². The molecule has 0 fully saturated rings. The number of nitro groups is 1. The van der Waals surface area contributed by atoms with E-state index in [-0.39, 0.29) is 4.73 Å². The molecule has 2 rings (SSSR count). The van der Waals surface area contributed by atoms with Crippen molar-refractivity contribution in [3.63, 3.8) is 0 Å². The van der Waals surface area contributed by atoms with Crippen LogP contribution in [-0.4, -0.2) is 20.9 Å². The summed E-state index contributed by atoms with van der Waals surface area (Å²) in [4.78, 5) is 21.7. The molecule has 2 aromatic rings. The lowest BCUT2D eigenvalue weighted by molar-refractivity contribution is -0.639. The van der Waals surface area contributed by atoms with E-state index < -0.39 is 45.1 Å². The van der Waals surface area contributed by atoms with Crippen molar-refractivity contribution in [2.45, 2.75) is 0 Å². The summed E-state index contributed by atoms with van der Waals surface area (Å²) in [5, 5.41) is 40.8. The SMILES string of the molecule is O=C(c1cc(O)c(O)c([N+](=O)[O-])c1)c1cccc(F)[n+]1[O-]. The van der Waals surface area contributed by atoms with E-state index in [1.165, 1.54) is 0 Å².